The number of likely N-dealkylation sites (tertiary alicyclic amines) is 1. The zero-order valence-corrected chi connectivity index (χ0v) is 19.6. The Kier molecular flexibility index (Phi) is 8.99. The van der Waals surface area contributed by atoms with E-state index in [1.165, 1.54) is 37.1 Å². The van der Waals surface area contributed by atoms with E-state index in [9.17, 15) is 0 Å². The van der Waals surface area contributed by atoms with Crippen LogP contribution < -0.4 is 20.1 Å². The van der Waals surface area contributed by atoms with Gasteiger partial charge in [0.05, 0.1) is 14.2 Å². The zero-order chi connectivity index (χ0) is 22.8. The van der Waals surface area contributed by atoms with Crippen molar-refractivity contribution in [1.29, 1.82) is 0 Å². The van der Waals surface area contributed by atoms with Crippen molar-refractivity contribution in [3.8, 4) is 11.5 Å². The summed E-state index contributed by atoms with van der Waals surface area (Å²) >= 11 is 0. The van der Waals surface area contributed by atoms with E-state index in [0.29, 0.717) is 13.0 Å². The van der Waals surface area contributed by atoms with Crippen molar-refractivity contribution in [2.24, 2.45) is 4.99 Å². The van der Waals surface area contributed by atoms with Gasteiger partial charge in [-0.25, -0.2) is 0 Å². The van der Waals surface area contributed by atoms with Crippen LogP contribution >= 0.6 is 0 Å². The van der Waals surface area contributed by atoms with E-state index in [0.717, 1.165) is 41.7 Å². The third kappa shape index (κ3) is 6.50. The van der Waals surface area contributed by atoms with Crippen LogP contribution in [-0.4, -0.2) is 45.2 Å². The Bertz CT molecular complexity index is 903. The first-order valence-electron chi connectivity index (χ1n) is 11.3. The Labute approximate surface area is 192 Å². The minimum absolute atomic E-state index is 0.624. The summed E-state index contributed by atoms with van der Waals surface area (Å²) in [5, 5.41) is 6.78. The van der Waals surface area contributed by atoms with Gasteiger partial charge in [-0.05, 0) is 61.2 Å². The van der Waals surface area contributed by atoms with Gasteiger partial charge in [0.15, 0.2) is 17.5 Å². The fourth-order valence-electron chi connectivity index (χ4n) is 4.07. The van der Waals surface area contributed by atoms with Crippen molar-refractivity contribution in [3.63, 3.8) is 0 Å². The van der Waals surface area contributed by atoms with Gasteiger partial charge in [-0.3, -0.25) is 9.89 Å². The molecule has 0 atom stereocenters. The molecule has 2 aromatic rings. The fourth-order valence-corrected chi connectivity index (χ4v) is 4.07. The summed E-state index contributed by atoms with van der Waals surface area (Å²) in [5.41, 5.74) is 4.75. The Morgan fingerprint density at radius 1 is 1.00 bits per heavy atom. The van der Waals surface area contributed by atoms with Gasteiger partial charge in [0.1, 0.15) is 0 Å². The molecule has 0 saturated carbocycles. The number of benzene rings is 2. The predicted molar refractivity (Wildman–Crippen MR) is 131 cm³/mol. The van der Waals surface area contributed by atoms with Gasteiger partial charge in [0.2, 0.25) is 0 Å². The molecule has 2 N–H and O–H groups in total. The van der Waals surface area contributed by atoms with Crippen LogP contribution in [0.15, 0.2) is 54.0 Å². The van der Waals surface area contributed by atoms with Crippen molar-refractivity contribution in [2.45, 2.75) is 38.9 Å². The highest BCUT2D eigenvalue weighted by molar-refractivity contribution is 5.79. The van der Waals surface area contributed by atoms with E-state index in [1.54, 1.807) is 21.3 Å². The highest BCUT2D eigenvalue weighted by atomic mass is 16.5. The van der Waals surface area contributed by atoms with Crippen molar-refractivity contribution < 1.29 is 9.47 Å². The third-order valence-corrected chi connectivity index (χ3v) is 5.75. The number of hydrogen-bond donors (Lipinski definition) is 2. The maximum Gasteiger partial charge on any atom is 0.191 e. The monoisotopic (exact) mass is 436 g/mol. The molecule has 0 spiro atoms. The number of rotatable bonds is 10. The van der Waals surface area contributed by atoms with Crippen LogP contribution in [0.2, 0.25) is 0 Å². The summed E-state index contributed by atoms with van der Waals surface area (Å²) in [6.07, 6.45) is 5.24. The maximum absolute atomic E-state index is 5.52. The maximum atomic E-state index is 5.52. The fraction of sp³-hybridized carbons (Fsp3) is 0.423. The predicted octanol–water partition coefficient (Wildman–Crippen LogP) is 3.89. The van der Waals surface area contributed by atoms with Crippen molar-refractivity contribution in [3.05, 3.63) is 71.3 Å². The molecule has 3 rings (SSSR count). The number of nitrogens with one attached hydrogen (secondary N) is 2. The topological polar surface area (TPSA) is 58.1 Å². The van der Waals surface area contributed by atoms with E-state index in [1.807, 2.05) is 12.1 Å². The summed E-state index contributed by atoms with van der Waals surface area (Å²) in [7, 11) is 5.10. The number of hydrogen-bond acceptors (Lipinski definition) is 4. The van der Waals surface area contributed by atoms with Crippen molar-refractivity contribution in [1.82, 2.24) is 15.5 Å². The first-order valence-corrected chi connectivity index (χ1v) is 11.3. The van der Waals surface area contributed by atoms with E-state index in [4.69, 9.17) is 9.47 Å². The Hall–Kier alpha value is -2.99. The summed E-state index contributed by atoms with van der Waals surface area (Å²) in [4.78, 5) is 6.88. The Morgan fingerprint density at radius 2 is 1.66 bits per heavy atom. The van der Waals surface area contributed by atoms with Crippen molar-refractivity contribution in [2.75, 3.05) is 34.4 Å². The molecule has 172 valence electrons. The van der Waals surface area contributed by atoms with Gasteiger partial charge in [-0.1, -0.05) is 30.3 Å². The lowest BCUT2D eigenvalue weighted by atomic mass is 10.1. The molecule has 0 aliphatic carbocycles. The van der Waals surface area contributed by atoms with Gasteiger partial charge in [-0.15, -0.1) is 6.58 Å². The molecule has 6 heteroatoms. The first kappa shape index (κ1) is 23.7. The lowest BCUT2D eigenvalue weighted by molar-refractivity contribution is 0.331. The van der Waals surface area contributed by atoms with Gasteiger partial charge >= 0.3 is 0 Å². The van der Waals surface area contributed by atoms with E-state index >= 15 is 0 Å². The van der Waals surface area contributed by atoms with Crippen molar-refractivity contribution >= 4 is 5.96 Å². The van der Waals surface area contributed by atoms with Gasteiger partial charge in [0, 0.05) is 32.2 Å². The molecular formula is C26H36N4O2. The van der Waals surface area contributed by atoms with Crippen LogP contribution in [0.3, 0.4) is 0 Å². The summed E-state index contributed by atoms with van der Waals surface area (Å²) in [6.45, 7) is 8.68. The zero-order valence-electron chi connectivity index (χ0n) is 19.6. The van der Waals surface area contributed by atoms with Crippen LogP contribution in [0.4, 0.5) is 0 Å². The molecule has 2 aromatic carbocycles. The van der Waals surface area contributed by atoms with Gasteiger partial charge < -0.3 is 20.1 Å². The van der Waals surface area contributed by atoms with E-state index in [-0.39, 0.29) is 0 Å². The molecule has 0 bridgehead atoms. The molecule has 0 aromatic heterocycles. The Morgan fingerprint density at radius 3 is 2.25 bits per heavy atom. The number of nitrogens with zero attached hydrogens (tertiary/aromatic N) is 2. The number of allylic oxidation sites excluding steroid dienone is 1. The Balaban J connectivity index is 1.54. The summed E-state index contributed by atoms with van der Waals surface area (Å²) in [5.74, 6) is 2.23. The summed E-state index contributed by atoms with van der Waals surface area (Å²) < 4.78 is 11.0. The molecule has 1 heterocycles. The smallest absolute Gasteiger partial charge is 0.191 e. The third-order valence-electron chi connectivity index (χ3n) is 5.75. The molecule has 1 saturated heterocycles. The molecule has 1 aliphatic heterocycles. The van der Waals surface area contributed by atoms with Crippen LogP contribution in [0.1, 0.15) is 35.1 Å². The largest absolute Gasteiger partial charge is 0.493 e. The number of guanidine groups is 1. The average molecular weight is 437 g/mol. The van der Waals surface area contributed by atoms with Crippen LogP contribution in [0.25, 0.3) is 0 Å². The normalized spacial score (nSPS) is 14.3. The lowest BCUT2D eigenvalue weighted by Gasteiger charge is -2.16. The quantitative estimate of drug-likeness (QED) is 0.336. The average Bonchev–Trinajstić information content (AvgIpc) is 3.33. The molecule has 6 nitrogen and oxygen atoms in total. The lowest BCUT2D eigenvalue weighted by Crippen LogP contribution is -2.36. The highest BCUT2D eigenvalue weighted by Crippen LogP contribution is 2.33. The number of aliphatic imine (C=N–C) groups is 1. The second-order valence-electron chi connectivity index (χ2n) is 8.06. The second-order valence-corrected chi connectivity index (χ2v) is 8.06. The number of methoxy groups -OCH3 is 2. The van der Waals surface area contributed by atoms with E-state index in [2.05, 4.69) is 57.4 Å². The summed E-state index contributed by atoms with van der Waals surface area (Å²) in [6, 6.07) is 13.0. The molecule has 0 amide bonds. The molecule has 1 fully saturated rings. The van der Waals surface area contributed by atoms with Crippen LogP contribution in [-0.2, 0) is 26.1 Å². The molecule has 0 radical (unpaired) electrons. The first-order chi connectivity index (χ1) is 15.7. The number of ether oxygens (including phenoxy) is 2. The molecule has 0 unspecified atom stereocenters. The minimum Gasteiger partial charge on any atom is -0.493 e. The van der Waals surface area contributed by atoms with Crippen LogP contribution in [0.5, 0.6) is 11.5 Å². The molecule has 32 heavy (non-hydrogen) atoms. The molecule has 1 aliphatic rings. The van der Waals surface area contributed by atoms with E-state index < -0.39 is 0 Å². The standard InChI is InChI=1S/C26H36N4O2/c1-5-8-23-15-22(16-24(31-3)25(23)32-4)18-29-26(27-2)28-17-20-9-11-21(12-10-20)19-30-13-6-7-14-30/h5,9-12,15-16H,1,6-8,13-14,17-19H2,2-4H3,(H2,27,28,29). The highest BCUT2D eigenvalue weighted by Gasteiger charge is 2.13. The molecular weight excluding hydrogens is 400 g/mol. The SMILES string of the molecule is C=CCc1cc(CNC(=NC)NCc2ccc(CN3CCCC3)cc2)cc(OC)c1OC. The van der Waals surface area contributed by atoms with Gasteiger partial charge in [-0.2, -0.15) is 0 Å². The second kappa shape index (κ2) is 12.2. The van der Waals surface area contributed by atoms with Gasteiger partial charge in [0.25, 0.3) is 0 Å². The minimum atomic E-state index is 0.624. The van der Waals surface area contributed by atoms with Crippen LogP contribution in [0, 0.1) is 0 Å².